The zero-order valence-corrected chi connectivity index (χ0v) is 10.3. The van der Waals surface area contributed by atoms with Crippen molar-refractivity contribution < 1.29 is 28.6 Å². The van der Waals surface area contributed by atoms with Gasteiger partial charge in [-0.05, 0) is 36.1 Å². The number of aliphatic hydroxyl groups excluding tert-OH is 2. The summed E-state index contributed by atoms with van der Waals surface area (Å²) < 4.78 is 9.97. The van der Waals surface area contributed by atoms with E-state index in [1.54, 1.807) is 0 Å². The molecule has 0 fully saturated rings. The molecule has 0 aliphatic rings. The first-order chi connectivity index (χ1) is 9.63. The molecule has 0 spiro atoms. The summed E-state index contributed by atoms with van der Waals surface area (Å²) in [4.78, 5) is 23.2. The summed E-state index contributed by atoms with van der Waals surface area (Å²) >= 11 is 0. The Morgan fingerprint density at radius 3 is 1.55 bits per heavy atom. The number of aliphatic hydroxyl groups is 2. The van der Waals surface area contributed by atoms with Crippen molar-refractivity contribution in [2.45, 2.75) is 13.2 Å². The van der Waals surface area contributed by atoms with Gasteiger partial charge in [-0.2, -0.15) is 0 Å². The number of carbonyl (C=O) groups excluding carboxylic acids is 2. The molecule has 0 saturated heterocycles. The summed E-state index contributed by atoms with van der Waals surface area (Å²) in [5, 5.41) is 17.6. The first-order valence-electron chi connectivity index (χ1n) is 5.64. The quantitative estimate of drug-likeness (QED) is 0.488. The number of ketones is 2. The Hall–Kier alpha value is -2.62. The minimum absolute atomic E-state index is 0.0511. The SMILES string of the molecule is O=C(C#CC(=O)c1ccc(CO)o1)c1ccc(CO)o1. The second kappa shape index (κ2) is 6.02. The summed E-state index contributed by atoms with van der Waals surface area (Å²) in [5.74, 6) is 3.27. The Labute approximate surface area is 113 Å². The molecule has 2 N–H and O–H groups in total. The van der Waals surface area contributed by atoms with E-state index >= 15 is 0 Å². The Kier molecular flexibility index (Phi) is 4.15. The van der Waals surface area contributed by atoms with Gasteiger partial charge in [-0.3, -0.25) is 9.59 Å². The molecule has 2 rings (SSSR count). The van der Waals surface area contributed by atoms with Crippen molar-refractivity contribution in [2.75, 3.05) is 0 Å². The molecule has 0 amide bonds. The lowest BCUT2D eigenvalue weighted by Crippen LogP contribution is -1.96. The Bertz CT molecular complexity index is 636. The molecule has 0 aromatic carbocycles. The monoisotopic (exact) mass is 274 g/mol. The van der Waals surface area contributed by atoms with Gasteiger partial charge in [0.05, 0.1) is 0 Å². The average molecular weight is 274 g/mol. The summed E-state index contributed by atoms with van der Waals surface area (Å²) in [5.41, 5.74) is 0. The minimum atomic E-state index is -0.674. The second-order valence-electron chi connectivity index (χ2n) is 3.76. The summed E-state index contributed by atoms with van der Waals surface area (Å²) in [6.45, 7) is -0.647. The Morgan fingerprint density at radius 1 is 0.850 bits per heavy atom. The molecule has 0 atom stereocenters. The van der Waals surface area contributed by atoms with Crippen LogP contribution in [0.1, 0.15) is 32.6 Å². The van der Waals surface area contributed by atoms with Crippen LogP contribution in [-0.4, -0.2) is 21.8 Å². The van der Waals surface area contributed by atoms with Crippen molar-refractivity contribution in [3.63, 3.8) is 0 Å². The molecule has 0 unspecified atom stereocenters. The Morgan fingerprint density at radius 2 is 1.25 bits per heavy atom. The first kappa shape index (κ1) is 13.8. The highest BCUT2D eigenvalue weighted by molar-refractivity contribution is 6.15. The predicted octanol–water partition coefficient (Wildman–Crippen LogP) is 0.926. The second-order valence-corrected chi connectivity index (χ2v) is 3.76. The third-order valence-electron chi connectivity index (χ3n) is 2.37. The highest BCUT2D eigenvalue weighted by Crippen LogP contribution is 2.09. The van der Waals surface area contributed by atoms with E-state index in [2.05, 4.69) is 11.8 Å². The molecule has 0 aliphatic carbocycles. The first-order valence-corrected chi connectivity index (χ1v) is 5.64. The van der Waals surface area contributed by atoms with Crippen LogP contribution in [0.4, 0.5) is 0 Å². The van der Waals surface area contributed by atoms with E-state index in [1.165, 1.54) is 24.3 Å². The van der Waals surface area contributed by atoms with Gasteiger partial charge in [-0.1, -0.05) is 0 Å². The van der Waals surface area contributed by atoms with Gasteiger partial charge in [-0.25, -0.2) is 0 Å². The third kappa shape index (κ3) is 3.03. The molecule has 20 heavy (non-hydrogen) atoms. The maximum Gasteiger partial charge on any atom is 0.271 e. The smallest absolute Gasteiger partial charge is 0.271 e. The van der Waals surface area contributed by atoms with Gasteiger partial charge in [-0.15, -0.1) is 0 Å². The van der Waals surface area contributed by atoms with Gasteiger partial charge in [0.15, 0.2) is 11.5 Å². The summed E-state index contributed by atoms with van der Waals surface area (Å²) in [7, 11) is 0. The zero-order valence-electron chi connectivity index (χ0n) is 10.3. The molecule has 0 aliphatic heterocycles. The van der Waals surface area contributed by atoms with Crippen LogP contribution in [0.15, 0.2) is 33.1 Å². The molecule has 0 saturated carbocycles. The molecule has 0 radical (unpaired) electrons. The number of furan rings is 2. The molecule has 102 valence electrons. The maximum atomic E-state index is 11.6. The normalized spacial score (nSPS) is 9.90. The molecule has 2 heterocycles. The molecule has 0 bridgehead atoms. The van der Waals surface area contributed by atoms with Gasteiger partial charge in [0, 0.05) is 0 Å². The summed E-state index contributed by atoms with van der Waals surface area (Å²) in [6.07, 6.45) is 0. The van der Waals surface area contributed by atoms with Crippen LogP contribution in [0, 0.1) is 11.8 Å². The van der Waals surface area contributed by atoms with E-state index in [1.807, 2.05) is 0 Å². The van der Waals surface area contributed by atoms with Crippen LogP contribution in [0.3, 0.4) is 0 Å². The van der Waals surface area contributed by atoms with Crippen LogP contribution >= 0.6 is 0 Å². The van der Waals surface area contributed by atoms with Crippen molar-refractivity contribution in [3.05, 3.63) is 47.3 Å². The van der Waals surface area contributed by atoms with Gasteiger partial charge in [0.2, 0.25) is 0 Å². The van der Waals surface area contributed by atoms with E-state index in [9.17, 15) is 9.59 Å². The fourth-order valence-corrected chi connectivity index (χ4v) is 1.41. The molecule has 6 nitrogen and oxygen atoms in total. The lowest BCUT2D eigenvalue weighted by molar-refractivity contribution is 0.100. The highest BCUT2D eigenvalue weighted by Gasteiger charge is 2.11. The fraction of sp³-hybridized carbons (Fsp3) is 0.143. The van der Waals surface area contributed by atoms with E-state index in [4.69, 9.17) is 19.0 Å². The van der Waals surface area contributed by atoms with E-state index < -0.39 is 11.6 Å². The Balaban J connectivity index is 2.09. The number of hydrogen-bond acceptors (Lipinski definition) is 6. The molecular formula is C14H10O6. The minimum Gasteiger partial charge on any atom is -0.454 e. The van der Waals surface area contributed by atoms with Crippen molar-refractivity contribution in [3.8, 4) is 11.8 Å². The van der Waals surface area contributed by atoms with E-state index in [0.717, 1.165) is 0 Å². The summed E-state index contributed by atoms with van der Waals surface area (Å²) in [6, 6.07) is 5.61. The predicted molar refractivity (Wildman–Crippen MR) is 65.7 cm³/mol. The lowest BCUT2D eigenvalue weighted by Gasteiger charge is -1.88. The van der Waals surface area contributed by atoms with Crippen LogP contribution < -0.4 is 0 Å². The zero-order chi connectivity index (χ0) is 14.5. The molecule has 2 aromatic heterocycles. The van der Waals surface area contributed by atoms with Crippen molar-refractivity contribution in [1.29, 1.82) is 0 Å². The van der Waals surface area contributed by atoms with E-state index in [0.29, 0.717) is 0 Å². The van der Waals surface area contributed by atoms with Crippen LogP contribution in [0.5, 0.6) is 0 Å². The standard InChI is InChI=1S/C14H10O6/c15-7-9-1-5-13(19-9)11(17)3-4-12(18)14-6-2-10(8-16)20-14/h1-2,5-6,15-16H,7-8H2. The third-order valence-corrected chi connectivity index (χ3v) is 2.37. The number of Topliss-reactive ketones (excluding diaryl/α,β-unsaturated/α-hetero) is 2. The van der Waals surface area contributed by atoms with Crippen LogP contribution in [0.25, 0.3) is 0 Å². The number of rotatable bonds is 4. The lowest BCUT2D eigenvalue weighted by atomic mass is 10.2. The van der Waals surface area contributed by atoms with Gasteiger partial charge in [0.25, 0.3) is 11.6 Å². The van der Waals surface area contributed by atoms with Gasteiger partial charge in [0.1, 0.15) is 24.7 Å². The molecule has 6 heteroatoms. The highest BCUT2D eigenvalue weighted by atomic mass is 16.4. The van der Waals surface area contributed by atoms with E-state index in [-0.39, 0.29) is 36.3 Å². The van der Waals surface area contributed by atoms with Crippen LogP contribution in [0.2, 0.25) is 0 Å². The average Bonchev–Trinajstić information content (AvgIpc) is 3.12. The van der Waals surface area contributed by atoms with Gasteiger partial charge < -0.3 is 19.0 Å². The van der Waals surface area contributed by atoms with Crippen LogP contribution in [-0.2, 0) is 13.2 Å². The topological polar surface area (TPSA) is 101 Å². The molecule has 2 aromatic rings. The van der Waals surface area contributed by atoms with Crippen molar-refractivity contribution in [2.24, 2.45) is 0 Å². The van der Waals surface area contributed by atoms with Crippen molar-refractivity contribution >= 4 is 11.6 Å². The molecular weight excluding hydrogens is 264 g/mol. The maximum absolute atomic E-state index is 11.6. The van der Waals surface area contributed by atoms with Crippen molar-refractivity contribution in [1.82, 2.24) is 0 Å². The fourth-order valence-electron chi connectivity index (χ4n) is 1.41. The largest absolute Gasteiger partial charge is 0.454 e. The number of hydrogen-bond donors (Lipinski definition) is 2. The number of carbonyl (C=O) groups is 2. The van der Waals surface area contributed by atoms with Gasteiger partial charge >= 0.3 is 0 Å².